The lowest BCUT2D eigenvalue weighted by Crippen LogP contribution is -2.51. The average molecular weight is 173 g/mol. The molecule has 0 aromatic carbocycles. The van der Waals surface area contributed by atoms with Crippen molar-refractivity contribution in [1.82, 2.24) is 5.34 Å². The van der Waals surface area contributed by atoms with Crippen molar-refractivity contribution in [2.45, 2.75) is 18.8 Å². The van der Waals surface area contributed by atoms with Crippen molar-refractivity contribution in [1.29, 1.82) is 0 Å². The maximum Gasteiger partial charge on any atom is 0.365 e. The Balaban J connectivity index is 4.67. The van der Waals surface area contributed by atoms with E-state index in [1.165, 1.54) is 0 Å². The highest BCUT2D eigenvalue weighted by Crippen LogP contribution is 2.23. The second kappa shape index (κ2) is 3.05. The van der Waals surface area contributed by atoms with Crippen molar-refractivity contribution in [3.8, 4) is 0 Å². The maximum absolute atomic E-state index is 12.5. The van der Waals surface area contributed by atoms with Gasteiger partial charge in [0.2, 0.25) is 0 Å². The molecule has 0 spiro atoms. The zero-order chi connectivity index (χ0) is 9.23. The van der Waals surface area contributed by atoms with E-state index in [1.807, 2.05) is 0 Å². The molecule has 0 amide bonds. The summed E-state index contributed by atoms with van der Waals surface area (Å²) in [4.78, 5) is 9.85. The van der Waals surface area contributed by atoms with E-state index in [0.29, 0.717) is 6.92 Å². The first-order valence-corrected chi connectivity index (χ1v) is 2.55. The molecule has 0 radical (unpaired) electrons. The normalized spacial score (nSPS) is 19.5. The van der Waals surface area contributed by atoms with Crippen molar-refractivity contribution in [2.24, 2.45) is 0 Å². The van der Waals surface area contributed by atoms with E-state index >= 15 is 0 Å². The summed E-state index contributed by atoms with van der Waals surface area (Å²) < 4.78 is 35.5. The number of aliphatic hydroxyl groups is 1. The fraction of sp³-hybridized carbons (Fsp3) is 0.750. The van der Waals surface area contributed by atoms with Gasteiger partial charge in [-0.3, -0.25) is 0 Å². The standard InChI is InChI=1S/C4H6F3NO3/c1-2(9)4(5,3(10)11)8(6)7/h2,9H,1H3,(H,10,11)/t2-,4+/m1/s1. The molecule has 0 aromatic heterocycles. The molecule has 0 saturated carbocycles. The molecule has 0 rings (SSSR count). The van der Waals surface area contributed by atoms with E-state index in [1.54, 1.807) is 0 Å². The predicted octanol–water partition coefficient (Wildman–Crippen LogP) is 0.189. The van der Waals surface area contributed by atoms with Crippen molar-refractivity contribution >= 4 is 5.97 Å². The van der Waals surface area contributed by atoms with Crippen LogP contribution < -0.4 is 0 Å². The number of carboxylic acids is 1. The van der Waals surface area contributed by atoms with Crippen LogP contribution in [0.15, 0.2) is 0 Å². The van der Waals surface area contributed by atoms with Crippen LogP contribution in [-0.2, 0) is 4.79 Å². The highest BCUT2D eigenvalue weighted by Gasteiger charge is 2.52. The molecule has 11 heavy (non-hydrogen) atoms. The van der Waals surface area contributed by atoms with Gasteiger partial charge in [0.1, 0.15) is 6.10 Å². The Bertz CT molecular complexity index is 153. The molecule has 0 aliphatic rings. The molecule has 2 atom stereocenters. The third-order valence-corrected chi connectivity index (χ3v) is 1.10. The summed E-state index contributed by atoms with van der Waals surface area (Å²) >= 11 is 0. The van der Waals surface area contributed by atoms with Gasteiger partial charge in [0.05, 0.1) is 5.34 Å². The summed E-state index contributed by atoms with van der Waals surface area (Å²) in [5, 5.41) is 14.1. The van der Waals surface area contributed by atoms with Gasteiger partial charge in [0, 0.05) is 0 Å². The number of aliphatic hydroxyl groups excluding tert-OH is 1. The topological polar surface area (TPSA) is 60.8 Å². The molecule has 0 saturated heterocycles. The van der Waals surface area contributed by atoms with Gasteiger partial charge in [-0.05, 0) is 6.92 Å². The van der Waals surface area contributed by atoms with Gasteiger partial charge in [0.15, 0.2) is 0 Å². The Kier molecular flexibility index (Phi) is 2.83. The van der Waals surface area contributed by atoms with Gasteiger partial charge in [-0.25, -0.2) is 9.18 Å². The molecule has 0 aromatic rings. The van der Waals surface area contributed by atoms with Crippen LogP contribution in [0.5, 0.6) is 0 Å². The predicted molar refractivity (Wildman–Crippen MR) is 27.2 cm³/mol. The fourth-order valence-electron chi connectivity index (χ4n) is 0.392. The quantitative estimate of drug-likeness (QED) is 0.472. The molecule has 0 aliphatic carbocycles. The van der Waals surface area contributed by atoms with Crippen LogP contribution in [0.1, 0.15) is 6.92 Å². The molecular weight excluding hydrogens is 167 g/mol. The van der Waals surface area contributed by atoms with E-state index in [2.05, 4.69) is 0 Å². The minimum absolute atomic E-state index is 0.611. The fourth-order valence-corrected chi connectivity index (χ4v) is 0.392. The first-order valence-electron chi connectivity index (χ1n) is 2.55. The number of carbonyl (C=O) groups is 1. The van der Waals surface area contributed by atoms with Crippen molar-refractivity contribution in [2.75, 3.05) is 0 Å². The molecule has 66 valence electrons. The molecule has 2 N–H and O–H groups in total. The van der Waals surface area contributed by atoms with E-state index in [9.17, 15) is 18.1 Å². The summed E-state index contributed by atoms with van der Waals surface area (Å²) in [5.74, 6) is -6.46. The molecule has 0 fully saturated rings. The third-order valence-electron chi connectivity index (χ3n) is 1.10. The zero-order valence-electron chi connectivity index (χ0n) is 5.46. The number of hydrogen-bond acceptors (Lipinski definition) is 3. The largest absolute Gasteiger partial charge is 0.478 e. The maximum atomic E-state index is 12.5. The number of aliphatic carboxylic acids is 1. The van der Waals surface area contributed by atoms with Crippen LogP contribution in [0, 0.1) is 0 Å². The second-order valence-electron chi connectivity index (χ2n) is 1.89. The summed E-state index contributed by atoms with van der Waals surface area (Å²) in [6, 6.07) is 0. The second-order valence-corrected chi connectivity index (χ2v) is 1.89. The van der Waals surface area contributed by atoms with Crippen molar-refractivity contribution in [3.05, 3.63) is 0 Å². The van der Waals surface area contributed by atoms with E-state index < -0.39 is 23.2 Å². The smallest absolute Gasteiger partial charge is 0.365 e. The van der Waals surface area contributed by atoms with Crippen LogP contribution in [-0.4, -0.2) is 33.4 Å². The van der Waals surface area contributed by atoms with Gasteiger partial charge < -0.3 is 10.2 Å². The van der Waals surface area contributed by atoms with Gasteiger partial charge in [-0.1, -0.05) is 8.96 Å². The monoisotopic (exact) mass is 173 g/mol. The van der Waals surface area contributed by atoms with Gasteiger partial charge in [-0.2, -0.15) is 0 Å². The van der Waals surface area contributed by atoms with Gasteiger partial charge in [-0.15, -0.1) is 0 Å². The molecular formula is C4H6F3NO3. The van der Waals surface area contributed by atoms with Gasteiger partial charge >= 0.3 is 11.8 Å². The van der Waals surface area contributed by atoms with Crippen LogP contribution in [0.2, 0.25) is 0 Å². The number of nitrogens with zero attached hydrogens (tertiary/aromatic N) is 1. The number of hydrogen-bond donors (Lipinski definition) is 2. The zero-order valence-corrected chi connectivity index (χ0v) is 5.46. The summed E-state index contributed by atoms with van der Waals surface area (Å²) in [7, 11) is 0. The number of alkyl halides is 1. The van der Waals surface area contributed by atoms with E-state index in [0.717, 1.165) is 0 Å². The molecule has 0 unspecified atom stereocenters. The summed E-state index contributed by atoms with van der Waals surface area (Å²) in [6.45, 7) is 0.611. The Morgan fingerprint density at radius 1 is 1.64 bits per heavy atom. The first-order chi connectivity index (χ1) is 4.83. The molecule has 0 heterocycles. The van der Waals surface area contributed by atoms with Crippen molar-refractivity contribution in [3.63, 3.8) is 0 Å². The Hall–Kier alpha value is -0.820. The van der Waals surface area contributed by atoms with E-state index in [4.69, 9.17) is 10.2 Å². The Labute approximate surface area is 59.7 Å². The number of carboxylic acid groups (broad SMARTS) is 1. The molecule has 4 nitrogen and oxygen atoms in total. The highest BCUT2D eigenvalue weighted by atomic mass is 19.4. The Morgan fingerprint density at radius 2 is 2.00 bits per heavy atom. The highest BCUT2D eigenvalue weighted by molar-refractivity contribution is 5.77. The summed E-state index contributed by atoms with van der Waals surface area (Å²) in [5.41, 5.74) is 0. The van der Waals surface area contributed by atoms with Crippen LogP contribution in [0.25, 0.3) is 0 Å². The minimum Gasteiger partial charge on any atom is -0.478 e. The minimum atomic E-state index is -4.03. The van der Waals surface area contributed by atoms with Crippen LogP contribution in [0.3, 0.4) is 0 Å². The number of rotatable bonds is 3. The molecule has 0 bridgehead atoms. The average Bonchev–Trinajstić information content (AvgIpc) is 1.84. The van der Waals surface area contributed by atoms with Crippen LogP contribution in [0.4, 0.5) is 13.4 Å². The van der Waals surface area contributed by atoms with E-state index in [-0.39, 0.29) is 0 Å². The van der Waals surface area contributed by atoms with Crippen molar-refractivity contribution < 1.29 is 28.4 Å². The Morgan fingerprint density at radius 3 is 2.00 bits per heavy atom. The lowest BCUT2D eigenvalue weighted by Gasteiger charge is -2.22. The SMILES string of the molecule is C[C@@H](O)[C@@](F)(C(=O)O)N(F)F. The third kappa shape index (κ3) is 1.60. The lowest BCUT2D eigenvalue weighted by molar-refractivity contribution is -0.298. The molecule has 0 aliphatic heterocycles. The first kappa shape index (κ1) is 10.2. The number of halogens is 3. The van der Waals surface area contributed by atoms with Gasteiger partial charge in [0.25, 0.3) is 0 Å². The lowest BCUT2D eigenvalue weighted by atomic mass is 10.1. The van der Waals surface area contributed by atoms with Crippen LogP contribution >= 0.6 is 0 Å². The summed E-state index contributed by atoms with van der Waals surface area (Å²) in [6.07, 6.45) is -2.31. The molecule has 7 heteroatoms.